The maximum Gasteiger partial charge on any atom is 0.246 e. The van der Waals surface area contributed by atoms with E-state index < -0.39 is 12.1 Å². The van der Waals surface area contributed by atoms with Crippen LogP contribution in [0.1, 0.15) is 24.7 Å². The Kier molecular flexibility index (Phi) is 2.21. The zero-order valence-corrected chi connectivity index (χ0v) is 6.48. The highest BCUT2D eigenvalue weighted by Crippen LogP contribution is 2.10. The van der Waals surface area contributed by atoms with Gasteiger partial charge in [0.05, 0.1) is 6.10 Å². The van der Waals surface area contributed by atoms with Crippen molar-refractivity contribution in [2.24, 2.45) is 5.73 Å². The summed E-state index contributed by atoms with van der Waals surface area (Å²) in [5, 5.41) is 12.6. The SMILES string of the molecule is Cc1noc([C@@H](N)[C@@H](C)O)n1. The summed E-state index contributed by atoms with van der Waals surface area (Å²) in [5.41, 5.74) is 5.50. The Morgan fingerprint density at radius 3 is 2.64 bits per heavy atom. The number of rotatable bonds is 2. The lowest BCUT2D eigenvalue weighted by atomic mass is 10.2. The van der Waals surface area contributed by atoms with Gasteiger partial charge in [0, 0.05) is 0 Å². The number of nitrogens with two attached hydrogens (primary N) is 1. The molecule has 11 heavy (non-hydrogen) atoms. The van der Waals surface area contributed by atoms with Crippen molar-refractivity contribution in [3.05, 3.63) is 11.7 Å². The van der Waals surface area contributed by atoms with Gasteiger partial charge in [0.15, 0.2) is 5.82 Å². The zero-order valence-electron chi connectivity index (χ0n) is 6.48. The van der Waals surface area contributed by atoms with E-state index in [0.29, 0.717) is 5.82 Å². The van der Waals surface area contributed by atoms with Crippen molar-refractivity contribution in [1.82, 2.24) is 10.1 Å². The Balaban J connectivity index is 2.76. The van der Waals surface area contributed by atoms with Crippen molar-refractivity contribution in [3.8, 4) is 0 Å². The fourth-order valence-electron chi connectivity index (χ4n) is 0.655. The van der Waals surface area contributed by atoms with E-state index in [1.165, 1.54) is 0 Å². The summed E-state index contributed by atoms with van der Waals surface area (Å²) in [7, 11) is 0. The summed E-state index contributed by atoms with van der Waals surface area (Å²) >= 11 is 0. The molecule has 1 aromatic rings. The Bertz CT molecular complexity index is 233. The molecule has 0 spiro atoms. The van der Waals surface area contributed by atoms with Crippen LogP contribution in [-0.4, -0.2) is 21.4 Å². The van der Waals surface area contributed by atoms with Crippen molar-refractivity contribution in [2.45, 2.75) is 26.0 Å². The minimum Gasteiger partial charge on any atom is -0.391 e. The standard InChI is InChI=1S/C6H11N3O2/c1-3(10)5(7)6-8-4(2)9-11-6/h3,5,10H,7H2,1-2H3/t3-,5+/m1/s1. The summed E-state index contributed by atoms with van der Waals surface area (Å²) < 4.78 is 4.74. The Labute approximate surface area is 64.2 Å². The maximum absolute atomic E-state index is 9.03. The van der Waals surface area contributed by atoms with E-state index in [4.69, 9.17) is 15.4 Å². The minimum atomic E-state index is -0.671. The number of aromatic nitrogens is 2. The smallest absolute Gasteiger partial charge is 0.246 e. The Hall–Kier alpha value is -0.940. The third-order valence-corrected chi connectivity index (χ3v) is 1.35. The molecule has 1 aromatic heterocycles. The van der Waals surface area contributed by atoms with Crippen molar-refractivity contribution >= 4 is 0 Å². The summed E-state index contributed by atoms with van der Waals surface area (Å²) in [4.78, 5) is 3.87. The van der Waals surface area contributed by atoms with Crippen LogP contribution in [0.25, 0.3) is 0 Å². The largest absolute Gasteiger partial charge is 0.391 e. The predicted octanol–water partition coefficient (Wildman–Crippen LogP) is -0.241. The predicted molar refractivity (Wildman–Crippen MR) is 37.6 cm³/mol. The molecule has 0 aromatic carbocycles. The lowest BCUT2D eigenvalue weighted by molar-refractivity contribution is 0.146. The molecule has 0 saturated carbocycles. The zero-order chi connectivity index (χ0) is 8.43. The van der Waals surface area contributed by atoms with Gasteiger partial charge in [0.25, 0.3) is 0 Å². The average molecular weight is 157 g/mol. The quantitative estimate of drug-likeness (QED) is 0.618. The van der Waals surface area contributed by atoms with E-state index in [-0.39, 0.29) is 5.89 Å². The molecule has 1 rings (SSSR count). The molecule has 1 heterocycles. The highest BCUT2D eigenvalue weighted by Gasteiger charge is 2.17. The monoisotopic (exact) mass is 157 g/mol. The van der Waals surface area contributed by atoms with Gasteiger partial charge in [-0.1, -0.05) is 5.16 Å². The van der Waals surface area contributed by atoms with Gasteiger partial charge in [0.2, 0.25) is 5.89 Å². The summed E-state index contributed by atoms with van der Waals surface area (Å²) in [5.74, 6) is 0.800. The number of aryl methyl sites for hydroxylation is 1. The van der Waals surface area contributed by atoms with Crippen LogP contribution in [0.15, 0.2) is 4.52 Å². The second-order valence-corrected chi connectivity index (χ2v) is 2.45. The molecule has 0 amide bonds. The number of aliphatic hydroxyl groups excluding tert-OH is 1. The highest BCUT2D eigenvalue weighted by atomic mass is 16.5. The third kappa shape index (κ3) is 1.75. The van der Waals surface area contributed by atoms with Crippen LogP contribution in [0, 0.1) is 6.92 Å². The molecule has 2 atom stereocenters. The van der Waals surface area contributed by atoms with E-state index in [2.05, 4.69) is 10.1 Å². The van der Waals surface area contributed by atoms with Gasteiger partial charge >= 0.3 is 0 Å². The Morgan fingerprint density at radius 2 is 2.27 bits per heavy atom. The molecule has 3 N–H and O–H groups in total. The number of hydrogen-bond donors (Lipinski definition) is 2. The normalized spacial score (nSPS) is 16.4. The first-order valence-corrected chi connectivity index (χ1v) is 3.35. The molecule has 0 saturated heterocycles. The molecule has 0 unspecified atom stereocenters. The van der Waals surface area contributed by atoms with E-state index in [0.717, 1.165) is 0 Å². The molecular formula is C6H11N3O2. The van der Waals surface area contributed by atoms with Gasteiger partial charge in [-0.3, -0.25) is 0 Å². The van der Waals surface area contributed by atoms with Crippen LogP contribution in [0.2, 0.25) is 0 Å². The van der Waals surface area contributed by atoms with Gasteiger partial charge in [0.1, 0.15) is 6.04 Å². The average Bonchev–Trinajstić information content (AvgIpc) is 2.34. The summed E-state index contributed by atoms with van der Waals surface area (Å²) in [6.07, 6.45) is -0.671. The van der Waals surface area contributed by atoms with Crippen molar-refractivity contribution in [3.63, 3.8) is 0 Å². The molecule has 5 nitrogen and oxygen atoms in total. The molecule has 0 bridgehead atoms. The summed E-state index contributed by atoms with van der Waals surface area (Å²) in [6.45, 7) is 3.27. The molecular weight excluding hydrogens is 146 g/mol. The van der Waals surface area contributed by atoms with E-state index >= 15 is 0 Å². The first-order chi connectivity index (χ1) is 5.11. The number of hydrogen-bond acceptors (Lipinski definition) is 5. The fourth-order valence-corrected chi connectivity index (χ4v) is 0.655. The molecule has 0 aliphatic heterocycles. The lowest BCUT2D eigenvalue weighted by Gasteiger charge is -2.08. The Morgan fingerprint density at radius 1 is 1.64 bits per heavy atom. The van der Waals surface area contributed by atoms with Gasteiger partial charge < -0.3 is 15.4 Å². The number of nitrogens with zero attached hydrogens (tertiary/aromatic N) is 2. The van der Waals surface area contributed by atoms with E-state index in [9.17, 15) is 0 Å². The van der Waals surface area contributed by atoms with Gasteiger partial charge in [-0.15, -0.1) is 0 Å². The highest BCUT2D eigenvalue weighted by molar-refractivity contribution is 4.91. The molecule has 0 aliphatic carbocycles. The first-order valence-electron chi connectivity index (χ1n) is 3.35. The first kappa shape index (κ1) is 8.16. The van der Waals surface area contributed by atoms with Gasteiger partial charge in [-0.25, -0.2) is 0 Å². The molecule has 62 valence electrons. The van der Waals surface area contributed by atoms with Crippen LogP contribution in [0.3, 0.4) is 0 Å². The van der Waals surface area contributed by atoms with Gasteiger partial charge in [-0.05, 0) is 13.8 Å². The number of aliphatic hydroxyl groups is 1. The van der Waals surface area contributed by atoms with Crippen molar-refractivity contribution in [1.29, 1.82) is 0 Å². The topological polar surface area (TPSA) is 85.2 Å². The molecule has 0 radical (unpaired) electrons. The van der Waals surface area contributed by atoms with Crippen LogP contribution < -0.4 is 5.73 Å². The van der Waals surface area contributed by atoms with Gasteiger partial charge in [-0.2, -0.15) is 4.98 Å². The van der Waals surface area contributed by atoms with E-state index in [1.54, 1.807) is 13.8 Å². The maximum atomic E-state index is 9.03. The molecule has 0 aliphatic rings. The van der Waals surface area contributed by atoms with Crippen LogP contribution >= 0.6 is 0 Å². The van der Waals surface area contributed by atoms with Crippen LogP contribution in [-0.2, 0) is 0 Å². The summed E-state index contributed by atoms with van der Waals surface area (Å²) in [6, 6.07) is -0.587. The fraction of sp³-hybridized carbons (Fsp3) is 0.667. The second kappa shape index (κ2) is 2.98. The van der Waals surface area contributed by atoms with Crippen LogP contribution in [0.5, 0.6) is 0 Å². The second-order valence-electron chi connectivity index (χ2n) is 2.45. The lowest BCUT2D eigenvalue weighted by Crippen LogP contribution is -2.23. The minimum absolute atomic E-state index is 0.275. The molecule has 5 heteroatoms. The van der Waals surface area contributed by atoms with Crippen molar-refractivity contribution < 1.29 is 9.63 Å². The third-order valence-electron chi connectivity index (χ3n) is 1.35. The van der Waals surface area contributed by atoms with Crippen LogP contribution in [0.4, 0.5) is 0 Å². The van der Waals surface area contributed by atoms with E-state index in [1.807, 2.05) is 0 Å². The van der Waals surface area contributed by atoms with Crippen molar-refractivity contribution in [2.75, 3.05) is 0 Å². The molecule has 0 fully saturated rings.